The van der Waals surface area contributed by atoms with Gasteiger partial charge in [-0.2, -0.15) is 0 Å². The first-order valence-corrected chi connectivity index (χ1v) is 6.54. The highest BCUT2D eigenvalue weighted by molar-refractivity contribution is 5.96. The largest absolute Gasteiger partial charge is 0.366 e. The van der Waals surface area contributed by atoms with Crippen molar-refractivity contribution in [1.29, 1.82) is 0 Å². The molecular formula is C14H20FN3O2. The molecule has 0 atom stereocenters. The predicted octanol–water partition coefficient (Wildman–Crippen LogP) is 2.48. The van der Waals surface area contributed by atoms with Gasteiger partial charge in [-0.15, -0.1) is 0 Å². The molecule has 0 aliphatic heterocycles. The summed E-state index contributed by atoms with van der Waals surface area (Å²) in [5.74, 6) is -0.987. The van der Waals surface area contributed by atoms with Crippen LogP contribution in [0.25, 0.3) is 0 Å². The van der Waals surface area contributed by atoms with E-state index in [0.717, 1.165) is 18.9 Å². The summed E-state index contributed by atoms with van der Waals surface area (Å²) in [4.78, 5) is 22.6. The number of carbonyl (C=O) groups excluding carboxylic acids is 2. The molecule has 0 unspecified atom stereocenters. The van der Waals surface area contributed by atoms with Crippen LogP contribution >= 0.6 is 0 Å². The van der Waals surface area contributed by atoms with E-state index in [1.165, 1.54) is 12.1 Å². The number of hydrogen-bond acceptors (Lipinski definition) is 2. The van der Waals surface area contributed by atoms with E-state index in [0.29, 0.717) is 18.2 Å². The van der Waals surface area contributed by atoms with Crippen molar-refractivity contribution in [3.63, 3.8) is 0 Å². The van der Waals surface area contributed by atoms with E-state index in [-0.39, 0.29) is 5.56 Å². The van der Waals surface area contributed by atoms with Crippen molar-refractivity contribution in [1.82, 2.24) is 5.32 Å². The van der Waals surface area contributed by atoms with E-state index < -0.39 is 17.8 Å². The molecule has 0 bridgehead atoms. The molecule has 0 heterocycles. The van der Waals surface area contributed by atoms with E-state index in [1.807, 2.05) is 0 Å². The molecule has 0 aliphatic carbocycles. The van der Waals surface area contributed by atoms with E-state index in [2.05, 4.69) is 24.5 Å². The van der Waals surface area contributed by atoms with Crippen LogP contribution in [0.1, 0.15) is 37.0 Å². The summed E-state index contributed by atoms with van der Waals surface area (Å²) in [5.41, 5.74) is 5.11. The van der Waals surface area contributed by atoms with Crippen molar-refractivity contribution in [2.24, 2.45) is 11.7 Å². The third kappa shape index (κ3) is 5.26. The van der Waals surface area contributed by atoms with Crippen LogP contribution in [0.5, 0.6) is 0 Å². The lowest BCUT2D eigenvalue weighted by Gasteiger charge is -2.09. The van der Waals surface area contributed by atoms with Crippen molar-refractivity contribution >= 4 is 17.6 Å². The van der Waals surface area contributed by atoms with Gasteiger partial charge in [0.15, 0.2) is 0 Å². The molecule has 0 aromatic heterocycles. The number of nitrogens with two attached hydrogens (primary N) is 1. The monoisotopic (exact) mass is 281 g/mol. The van der Waals surface area contributed by atoms with Gasteiger partial charge in [-0.1, -0.05) is 13.8 Å². The molecule has 1 aromatic rings. The molecule has 0 saturated carbocycles. The molecular weight excluding hydrogens is 261 g/mol. The molecule has 6 heteroatoms. The molecule has 0 fully saturated rings. The number of primary amides is 1. The number of anilines is 1. The van der Waals surface area contributed by atoms with Gasteiger partial charge in [0, 0.05) is 12.2 Å². The summed E-state index contributed by atoms with van der Waals surface area (Å²) in [6, 6.07) is 3.28. The lowest BCUT2D eigenvalue weighted by atomic mass is 10.1. The summed E-state index contributed by atoms with van der Waals surface area (Å²) >= 11 is 0. The van der Waals surface area contributed by atoms with Crippen LogP contribution < -0.4 is 16.4 Å². The maximum Gasteiger partial charge on any atom is 0.319 e. The topological polar surface area (TPSA) is 84.2 Å². The molecule has 0 saturated heterocycles. The van der Waals surface area contributed by atoms with Crippen LogP contribution in [0.15, 0.2) is 18.2 Å². The minimum absolute atomic E-state index is 0.248. The van der Waals surface area contributed by atoms with E-state index >= 15 is 0 Å². The smallest absolute Gasteiger partial charge is 0.319 e. The fraction of sp³-hybridized carbons (Fsp3) is 0.429. The van der Waals surface area contributed by atoms with Gasteiger partial charge in [0.2, 0.25) is 0 Å². The Morgan fingerprint density at radius 2 is 2.05 bits per heavy atom. The Bertz CT molecular complexity index is 489. The van der Waals surface area contributed by atoms with Gasteiger partial charge < -0.3 is 16.4 Å². The summed E-state index contributed by atoms with van der Waals surface area (Å²) in [5, 5.41) is 5.22. The van der Waals surface area contributed by atoms with E-state index in [1.54, 1.807) is 0 Å². The molecule has 110 valence electrons. The molecule has 0 aliphatic rings. The highest BCUT2D eigenvalue weighted by Gasteiger charge is 2.10. The van der Waals surface area contributed by atoms with Crippen LogP contribution in [0.3, 0.4) is 0 Å². The first-order valence-electron chi connectivity index (χ1n) is 6.54. The second-order valence-corrected chi connectivity index (χ2v) is 4.98. The zero-order valence-electron chi connectivity index (χ0n) is 11.7. The lowest BCUT2D eigenvalue weighted by molar-refractivity contribution is 0.0996. The molecule has 1 rings (SSSR count). The molecule has 5 nitrogen and oxygen atoms in total. The number of amides is 3. The van der Waals surface area contributed by atoms with Crippen molar-refractivity contribution < 1.29 is 14.0 Å². The van der Waals surface area contributed by atoms with Crippen molar-refractivity contribution in [3.8, 4) is 0 Å². The Morgan fingerprint density at radius 1 is 1.35 bits per heavy atom. The zero-order chi connectivity index (χ0) is 15.1. The Balaban J connectivity index is 2.50. The second kappa shape index (κ2) is 7.47. The highest BCUT2D eigenvalue weighted by Crippen LogP contribution is 2.14. The molecule has 4 N–H and O–H groups in total. The van der Waals surface area contributed by atoms with Crippen LogP contribution in [-0.4, -0.2) is 18.5 Å². The van der Waals surface area contributed by atoms with Crippen LogP contribution in [-0.2, 0) is 0 Å². The highest BCUT2D eigenvalue weighted by atomic mass is 19.1. The number of rotatable bonds is 6. The van der Waals surface area contributed by atoms with Crippen molar-refractivity contribution in [2.75, 3.05) is 11.9 Å². The molecule has 0 spiro atoms. The van der Waals surface area contributed by atoms with Gasteiger partial charge in [-0.05, 0) is 37.0 Å². The molecule has 0 radical (unpaired) electrons. The van der Waals surface area contributed by atoms with Gasteiger partial charge in [-0.3, -0.25) is 4.79 Å². The van der Waals surface area contributed by atoms with Crippen LogP contribution in [0, 0.1) is 11.7 Å². The van der Waals surface area contributed by atoms with Gasteiger partial charge in [-0.25, -0.2) is 9.18 Å². The average Bonchev–Trinajstić information content (AvgIpc) is 2.36. The molecule has 1 aromatic carbocycles. The predicted molar refractivity (Wildman–Crippen MR) is 76.0 cm³/mol. The second-order valence-electron chi connectivity index (χ2n) is 4.98. The molecule has 20 heavy (non-hydrogen) atoms. The van der Waals surface area contributed by atoms with Gasteiger partial charge in [0.1, 0.15) is 5.82 Å². The standard InChI is InChI=1S/C14H20FN3O2/c1-9(2)4-3-7-17-14(20)18-10-5-6-12(15)11(8-10)13(16)19/h5-6,8-9H,3-4,7H2,1-2H3,(H2,16,19)(H2,17,18,20). The maximum absolute atomic E-state index is 13.3. The van der Waals surface area contributed by atoms with Gasteiger partial charge in [0.25, 0.3) is 5.91 Å². The van der Waals surface area contributed by atoms with Crippen molar-refractivity contribution in [2.45, 2.75) is 26.7 Å². The van der Waals surface area contributed by atoms with Crippen LogP contribution in [0.4, 0.5) is 14.9 Å². The first-order chi connectivity index (χ1) is 9.40. The fourth-order valence-electron chi connectivity index (χ4n) is 1.68. The number of urea groups is 1. The Hall–Kier alpha value is -2.11. The summed E-state index contributed by atoms with van der Waals surface area (Å²) in [6.45, 7) is 4.79. The lowest BCUT2D eigenvalue weighted by Crippen LogP contribution is -2.29. The number of benzene rings is 1. The number of nitrogens with one attached hydrogen (secondary N) is 2. The SMILES string of the molecule is CC(C)CCCNC(=O)Nc1ccc(F)c(C(N)=O)c1. The third-order valence-corrected chi connectivity index (χ3v) is 2.73. The van der Waals surface area contributed by atoms with Gasteiger partial charge in [0.05, 0.1) is 5.56 Å². The zero-order valence-corrected chi connectivity index (χ0v) is 11.7. The summed E-state index contributed by atoms with van der Waals surface area (Å²) in [6.07, 6.45) is 1.92. The maximum atomic E-state index is 13.3. The normalized spacial score (nSPS) is 10.4. The minimum Gasteiger partial charge on any atom is -0.366 e. The number of hydrogen-bond donors (Lipinski definition) is 3. The Morgan fingerprint density at radius 3 is 2.65 bits per heavy atom. The number of halogens is 1. The van der Waals surface area contributed by atoms with E-state index in [9.17, 15) is 14.0 Å². The fourth-order valence-corrected chi connectivity index (χ4v) is 1.68. The van der Waals surface area contributed by atoms with Gasteiger partial charge >= 0.3 is 6.03 Å². The van der Waals surface area contributed by atoms with Crippen molar-refractivity contribution in [3.05, 3.63) is 29.6 Å². The third-order valence-electron chi connectivity index (χ3n) is 2.73. The van der Waals surface area contributed by atoms with E-state index in [4.69, 9.17) is 5.73 Å². The molecule has 3 amide bonds. The Labute approximate surface area is 117 Å². The first kappa shape index (κ1) is 15.9. The number of carbonyl (C=O) groups is 2. The van der Waals surface area contributed by atoms with Crippen LogP contribution in [0.2, 0.25) is 0 Å². The summed E-state index contributed by atoms with van der Waals surface area (Å²) < 4.78 is 13.3. The summed E-state index contributed by atoms with van der Waals surface area (Å²) in [7, 11) is 0. The minimum atomic E-state index is -0.872. The quantitative estimate of drug-likeness (QED) is 0.700. The average molecular weight is 281 g/mol. The Kier molecular flexibility index (Phi) is 5.96.